The van der Waals surface area contributed by atoms with Crippen LogP contribution < -0.4 is 0 Å². The number of hydrogen-bond acceptors (Lipinski definition) is 3. The maximum atomic E-state index is 11.3. The summed E-state index contributed by atoms with van der Waals surface area (Å²) in [4.78, 5) is 2.11. The quantitative estimate of drug-likeness (QED) is 0.433. The Morgan fingerprint density at radius 1 is 1.53 bits per heavy atom. The summed E-state index contributed by atoms with van der Waals surface area (Å²) in [6.45, 7) is 1.60. The fourth-order valence-corrected chi connectivity index (χ4v) is 1.77. The van der Waals surface area contributed by atoms with Gasteiger partial charge < -0.3 is 0 Å². The minimum Gasteiger partial charge on any atom is -0.216 e. The predicted octanol–water partition coefficient (Wildman–Crippen LogP) is 1.87. The molecule has 0 aliphatic heterocycles. The molecule has 0 heterocycles. The van der Waals surface area contributed by atoms with E-state index in [0.29, 0.717) is 11.1 Å². The first-order valence-corrected chi connectivity index (χ1v) is 5.27. The molecule has 76 valence electrons. The second-order valence-electron chi connectivity index (χ2n) is 2.73. The van der Waals surface area contributed by atoms with Gasteiger partial charge in [0, 0.05) is 9.43 Å². The zero-order chi connectivity index (χ0) is 11.5. The van der Waals surface area contributed by atoms with Crippen molar-refractivity contribution in [3.8, 4) is 6.07 Å². The van der Waals surface area contributed by atoms with Crippen molar-refractivity contribution in [3.63, 3.8) is 0 Å². The molecule has 0 N–H and O–H groups in total. The van der Waals surface area contributed by atoms with Crippen LogP contribution in [-0.4, -0.2) is 8.42 Å². The molecule has 0 unspecified atom stereocenters. The number of rotatable bonds is 2. The number of azide groups is 1. The first kappa shape index (κ1) is 11.0. The summed E-state index contributed by atoms with van der Waals surface area (Å²) >= 11 is 0. The van der Waals surface area contributed by atoms with Crippen molar-refractivity contribution in [1.82, 2.24) is 0 Å². The van der Waals surface area contributed by atoms with Gasteiger partial charge in [0.1, 0.15) is 0 Å². The van der Waals surface area contributed by atoms with Crippen molar-refractivity contribution in [2.75, 3.05) is 0 Å². The van der Waals surface area contributed by atoms with Crippen LogP contribution >= 0.6 is 0 Å². The lowest BCUT2D eigenvalue weighted by molar-refractivity contribution is 0.597. The molecule has 1 aromatic carbocycles. The van der Waals surface area contributed by atoms with Crippen molar-refractivity contribution in [2.45, 2.75) is 11.8 Å². The third-order valence-electron chi connectivity index (χ3n) is 1.76. The highest BCUT2D eigenvalue weighted by Gasteiger charge is 2.12. The Bertz CT molecular complexity index is 579. The molecular weight excluding hydrogens is 216 g/mol. The molecule has 0 aliphatic rings. The molecule has 0 atom stereocenters. The van der Waals surface area contributed by atoms with E-state index in [1.54, 1.807) is 6.92 Å². The first-order valence-electron chi connectivity index (χ1n) is 3.83. The highest BCUT2D eigenvalue weighted by Crippen LogP contribution is 2.16. The molecule has 7 heteroatoms. The molecule has 1 aromatic rings. The van der Waals surface area contributed by atoms with Crippen LogP contribution in [0.15, 0.2) is 27.6 Å². The van der Waals surface area contributed by atoms with Gasteiger partial charge in [-0.3, -0.25) is 0 Å². The van der Waals surface area contributed by atoms with Gasteiger partial charge in [-0.2, -0.15) is 5.26 Å². The molecule has 0 bridgehead atoms. The Morgan fingerprint density at radius 2 is 2.20 bits per heavy atom. The van der Waals surface area contributed by atoms with Gasteiger partial charge in [0.05, 0.1) is 16.5 Å². The maximum Gasteiger partial charge on any atom is 0.264 e. The minimum absolute atomic E-state index is 0.114. The van der Waals surface area contributed by atoms with Crippen LogP contribution in [0.5, 0.6) is 0 Å². The van der Waals surface area contributed by atoms with E-state index in [9.17, 15) is 8.42 Å². The van der Waals surface area contributed by atoms with Crippen LogP contribution in [0.2, 0.25) is 0 Å². The van der Waals surface area contributed by atoms with Gasteiger partial charge in [0.2, 0.25) is 0 Å². The van der Waals surface area contributed by atoms with E-state index >= 15 is 0 Å². The topological polar surface area (TPSA) is 107 Å². The highest BCUT2D eigenvalue weighted by atomic mass is 32.2. The normalized spacial score (nSPS) is 10.1. The molecule has 0 aliphatic carbocycles. The third-order valence-corrected chi connectivity index (χ3v) is 2.90. The Kier molecular flexibility index (Phi) is 2.95. The molecular formula is C8H6N4O2S. The van der Waals surface area contributed by atoms with Crippen molar-refractivity contribution in [1.29, 1.82) is 5.26 Å². The number of nitriles is 1. The van der Waals surface area contributed by atoms with Gasteiger partial charge in [-0.05, 0) is 36.2 Å². The van der Waals surface area contributed by atoms with Crippen molar-refractivity contribution in [3.05, 3.63) is 39.8 Å². The van der Waals surface area contributed by atoms with Crippen LogP contribution in [0, 0.1) is 18.3 Å². The van der Waals surface area contributed by atoms with Gasteiger partial charge in [0.25, 0.3) is 10.0 Å². The van der Waals surface area contributed by atoms with Crippen molar-refractivity contribution >= 4 is 10.0 Å². The Hall–Kier alpha value is -2.03. The highest BCUT2D eigenvalue weighted by molar-refractivity contribution is 7.90. The summed E-state index contributed by atoms with van der Waals surface area (Å²) in [5.74, 6) is 0. The number of benzene rings is 1. The van der Waals surface area contributed by atoms with Gasteiger partial charge in [0.15, 0.2) is 0 Å². The largest absolute Gasteiger partial charge is 0.264 e. The summed E-state index contributed by atoms with van der Waals surface area (Å²) in [5.41, 5.74) is 8.96. The fraction of sp³-hybridized carbons (Fsp3) is 0.125. The number of hydrogen-bond donors (Lipinski definition) is 0. The monoisotopic (exact) mass is 222 g/mol. The second-order valence-corrected chi connectivity index (χ2v) is 4.32. The van der Waals surface area contributed by atoms with Gasteiger partial charge in [-0.15, -0.1) is 0 Å². The Labute approximate surface area is 86.4 Å². The molecule has 15 heavy (non-hydrogen) atoms. The second kappa shape index (κ2) is 4.00. The Morgan fingerprint density at radius 3 is 2.67 bits per heavy atom. The number of nitrogens with zero attached hydrogens (tertiary/aromatic N) is 4. The van der Waals surface area contributed by atoms with E-state index in [2.05, 4.69) is 9.43 Å². The average Bonchev–Trinajstić information content (AvgIpc) is 2.17. The third kappa shape index (κ3) is 2.26. The molecule has 0 amide bonds. The standard InChI is InChI=1S/C8H6N4O2S/c1-6-4-8(3-2-7(6)5-9)15(13,14)12-11-10/h2-4H,1H3. The fourth-order valence-electron chi connectivity index (χ4n) is 1.02. The maximum absolute atomic E-state index is 11.3. The summed E-state index contributed by atoms with van der Waals surface area (Å²) in [6, 6.07) is 5.80. The Balaban J connectivity index is 3.38. The van der Waals surface area contributed by atoms with Crippen molar-refractivity contribution < 1.29 is 8.42 Å². The zero-order valence-electron chi connectivity index (χ0n) is 7.75. The van der Waals surface area contributed by atoms with E-state index in [4.69, 9.17) is 10.8 Å². The van der Waals surface area contributed by atoms with Crippen LogP contribution in [-0.2, 0) is 10.0 Å². The molecule has 6 nitrogen and oxygen atoms in total. The predicted molar refractivity (Wildman–Crippen MR) is 52.2 cm³/mol. The lowest BCUT2D eigenvalue weighted by Crippen LogP contribution is -1.96. The SMILES string of the molecule is Cc1cc(S(=O)(=O)N=[N+]=[N-])ccc1C#N. The summed E-state index contributed by atoms with van der Waals surface area (Å²) in [7, 11) is -3.96. The number of aryl methyl sites for hydroxylation is 1. The van der Waals surface area contributed by atoms with Crippen LogP contribution in [0.1, 0.15) is 11.1 Å². The molecule has 0 spiro atoms. The first-order chi connectivity index (χ1) is 7.01. The van der Waals surface area contributed by atoms with E-state index in [0.717, 1.165) is 0 Å². The van der Waals surface area contributed by atoms with Crippen LogP contribution in [0.25, 0.3) is 10.4 Å². The molecule has 0 fully saturated rings. The summed E-state index contributed by atoms with van der Waals surface area (Å²) < 4.78 is 25.3. The van der Waals surface area contributed by atoms with Gasteiger partial charge in [-0.1, -0.05) is 0 Å². The van der Waals surface area contributed by atoms with Crippen molar-refractivity contribution in [2.24, 2.45) is 4.52 Å². The molecule has 0 aromatic heterocycles. The smallest absolute Gasteiger partial charge is 0.216 e. The lowest BCUT2D eigenvalue weighted by atomic mass is 10.1. The summed E-state index contributed by atoms with van der Waals surface area (Å²) in [5, 5.41) is 8.63. The van der Waals surface area contributed by atoms with Crippen LogP contribution in [0.4, 0.5) is 0 Å². The molecule has 0 saturated carbocycles. The lowest BCUT2D eigenvalue weighted by Gasteiger charge is -2.00. The molecule has 0 radical (unpaired) electrons. The van der Waals surface area contributed by atoms with E-state index in [1.807, 2.05) is 6.07 Å². The number of sulfonamides is 1. The average molecular weight is 222 g/mol. The van der Waals surface area contributed by atoms with Gasteiger partial charge >= 0.3 is 0 Å². The van der Waals surface area contributed by atoms with Gasteiger partial charge in [-0.25, -0.2) is 8.42 Å². The minimum atomic E-state index is -3.96. The van der Waals surface area contributed by atoms with E-state index in [1.165, 1.54) is 18.2 Å². The molecule has 0 saturated heterocycles. The van der Waals surface area contributed by atoms with Crippen LogP contribution in [0.3, 0.4) is 0 Å². The zero-order valence-corrected chi connectivity index (χ0v) is 8.56. The molecule has 1 rings (SSSR count). The van der Waals surface area contributed by atoms with E-state index in [-0.39, 0.29) is 4.90 Å². The summed E-state index contributed by atoms with van der Waals surface area (Å²) in [6.07, 6.45) is 0. The van der Waals surface area contributed by atoms with E-state index < -0.39 is 10.0 Å².